The first-order valence-corrected chi connectivity index (χ1v) is 21.9. The molecule has 1 fully saturated rings. The van der Waals surface area contributed by atoms with Crippen LogP contribution in [-0.2, 0) is 13.6 Å². The Morgan fingerprint density at radius 1 is 0.878 bits per heavy atom. The average molecular weight is 701 g/mol. The van der Waals surface area contributed by atoms with Crippen molar-refractivity contribution in [3.05, 3.63) is 129 Å². The number of H-pyrrole nitrogens is 1. The number of aliphatic hydroxyl groups is 1. The molecule has 4 aromatic rings. The van der Waals surface area contributed by atoms with E-state index in [1.807, 2.05) is 66.7 Å². The van der Waals surface area contributed by atoms with Gasteiger partial charge < -0.3 is 18.7 Å². The Bertz CT molecular complexity index is 1790. The van der Waals surface area contributed by atoms with E-state index < -0.39 is 51.9 Å². The van der Waals surface area contributed by atoms with Crippen LogP contribution in [0, 0.1) is 6.92 Å². The van der Waals surface area contributed by atoms with E-state index in [-0.39, 0.29) is 23.1 Å². The molecule has 49 heavy (non-hydrogen) atoms. The molecule has 5 rings (SSSR count). The summed E-state index contributed by atoms with van der Waals surface area (Å²) in [6.45, 7) is 19.2. The summed E-state index contributed by atoms with van der Waals surface area (Å²) >= 11 is 0. The fraction of sp³-hybridized carbons (Fsp3) is 0.436. The fourth-order valence-corrected chi connectivity index (χ4v) is 12.7. The number of aromatic amines is 1. The molecule has 0 aliphatic carbocycles. The van der Waals surface area contributed by atoms with Gasteiger partial charge in [0.05, 0.1) is 12.7 Å². The van der Waals surface area contributed by atoms with E-state index in [0.717, 1.165) is 10.4 Å². The zero-order chi connectivity index (χ0) is 35.8. The van der Waals surface area contributed by atoms with Crippen LogP contribution in [0.15, 0.2) is 107 Å². The maximum absolute atomic E-state index is 13.3. The number of hydrogen-bond donors (Lipinski definition) is 2. The molecule has 1 unspecified atom stereocenters. The molecule has 1 aliphatic heterocycles. The Morgan fingerprint density at radius 3 is 1.88 bits per heavy atom. The normalized spacial score (nSPS) is 21.1. The van der Waals surface area contributed by atoms with Crippen LogP contribution in [0.4, 0.5) is 0 Å². The van der Waals surface area contributed by atoms with Crippen LogP contribution in [0.5, 0.6) is 0 Å². The van der Waals surface area contributed by atoms with E-state index in [0.29, 0.717) is 11.1 Å². The van der Waals surface area contributed by atoms with Crippen molar-refractivity contribution in [1.29, 1.82) is 0 Å². The van der Waals surface area contributed by atoms with E-state index in [4.69, 9.17) is 13.6 Å². The summed E-state index contributed by atoms with van der Waals surface area (Å²) < 4.78 is 23.2. The van der Waals surface area contributed by atoms with E-state index in [9.17, 15) is 14.7 Å². The van der Waals surface area contributed by atoms with Gasteiger partial charge in [-0.3, -0.25) is 14.3 Å². The van der Waals surface area contributed by atoms with E-state index >= 15 is 0 Å². The number of aryl methyl sites for hydroxylation is 1. The molecule has 0 radical (unpaired) electrons. The highest BCUT2D eigenvalue weighted by atomic mass is 28.4. The van der Waals surface area contributed by atoms with E-state index in [1.165, 1.54) is 10.8 Å². The number of aromatic nitrogens is 2. The van der Waals surface area contributed by atoms with Gasteiger partial charge in [-0.05, 0) is 46.0 Å². The van der Waals surface area contributed by atoms with Gasteiger partial charge in [-0.2, -0.15) is 0 Å². The molecule has 2 heterocycles. The van der Waals surface area contributed by atoms with Crippen LogP contribution in [0.2, 0.25) is 23.2 Å². The maximum atomic E-state index is 13.3. The molecule has 1 aliphatic rings. The molecule has 4 atom stereocenters. The van der Waals surface area contributed by atoms with Crippen LogP contribution in [0.3, 0.4) is 0 Å². The molecule has 0 amide bonds. The summed E-state index contributed by atoms with van der Waals surface area (Å²) in [7, 11) is -5.60. The summed E-state index contributed by atoms with van der Waals surface area (Å²) in [5.41, 5.74) is -1.42. The van der Waals surface area contributed by atoms with Crippen molar-refractivity contribution in [2.75, 3.05) is 6.61 Å². The minimum atomic E-state index is -3.12. The summed E-state index contributed by atoms with van der Waals surface area (Å²) in [6, 6.07) is 30.2. The summed E-state index contributed by atoms with van der Waals surface area (Å²) in [5.74, 6) is 0. The second-order valence-corrected chi connectivity index (χ2v) is 24.9. The Hall–Kier alpha value is -3.39. The molecule has 1 saturated heterocycles. The highest BCUT2D eigenvalue weighted by molar-refractivity contribution is 6.99. The van der Waals surface area contributed by atoms with Gasteiger partial charge in [0.1, 0.15) is 17.9 Å². The summed E-state index contributed by atoms with van der Waals surface area (Å²) in [4.78, 5) is 28.1. The van der Waals surface area contributed by atoms with Crippen molar-refractivity contribution in [3.63, 3.8) is 0 Å². The SMILES string of the molecule is Cc1cn([C@H]2C[C@H](O[Si](C)(C)C(C)(C)C)[C@](CO[Si](c3ccccc3)(c3ccccc3)C(C)(C)C)(C(O)c3ccccc3)O2)c(=O)[nH]c1=O. The van der Waals surface area contributed by atoms with Crippen LogP contribution in [0.1, 0.15) is 71.4 Å². The predicted octanol–water partition coefficient (Wildman–Crippen LogP) is 6.20. The first-order valence-electron chi connectivity index (χ1n) is 17.1. The lowest BCUT2D eigenvalue weighted by Crippen LogP contribution is -2.68. The molecule has 0 spiro atoms. The van der Waals surface area contributed by atoms with Gasteiger partial charge in [-0.1, -0.05) is 133 Å². The molecule has 0 bridgehead atoms. The number of ether oxygens (including phenoxy) is 1. The van der Waals surface area contributed by atoms with Crippen molar-refractivity contribution in [1.82, 2.24) is 9.55 Å². The third-order valence-corrected chi connectivity index (χ3v) is 20.0. The topological polar surface area (TPSA) is 103 Å². The minimum Gasteiger partial charge on any atom is -0.411 e. The number of nitrogens with one attached hydrogen (secondary N) is 1. The third-order valence-electron chi connectivity index (χ3n) is 10.5. The molecular weight excluding hydrogens is 649 g/mol. The standard InChI is InChI=1S/C39H52N2O6Si2/c1-28-26-41(36(44)40-35(28)43)33-25-32(47-48(8,9)37(2,3)4)39(46-33,34(42)29-19-13-10-14-20-29)27-45-49(38(5,6)7,30-21-15-11-16-22-30)31-23-17-12-18-24-31/h10-24,26,32-34,42H,25,27H2,1-9H3,(H,40,43,44)/t32-,33+,34?,39+/m0/s1. The van der Waals surface area contributed by atoms with Gasteiger partial charge in [0, 0.05) is 18.2 Å². The first-order chi connectivity index (χ1) is 22.9. The van der Waals surface area contributed by atoms with Crippen LogP contribution in [-0.4, -0.2) is 49.6 Å². The Labute approximate surface area is 292 Å². The smallest absolute Gasteiger partial charge is 0.330 e. The van der Waals surface area contributed by atoms with Crippen LogP contribution in [0.25, 0.3) is 0 Å². The molecule has 2 N–H and O–H groups in total. The van der Waals surface area contributed by atoms with Gasteiger partial charge in [0.2, 0.25) is 0 Å². The Balaban J connectivity index is 1.74. The number of hydrogen-bond acceptors (Lipinski definition) is 6. The largest absolute Gasteiger partial charge is 0.411 e. The number of nitrogens with zero attached hydrogens (tertiary/aromatic N) is 1. The predicted molar refractivity (Wildman–Crippen MR) is 201 cm³/mol. The van der Waals surface area contributed by atoms with Crippen molar-refractivity contribution < 1.29 is 18.7 Å². The lowest BCUT2D eigenvalue weighted by molar-refractivity contribution is -0.180. The quantitative estimate of drug-likeness (QED) is 0.191. The van der Waals surface area contributed by atoms with Crippen LogP contribution < -0.4 is 21.6 Å². The average Bonchev–Trinajstić information content (AvgIpc) is 3.41. The lowest BCUT2D eigenvalue weighted by atomic mass is 9.87. The fourth-order valence-electron chi connectivity index (χ4n) is 6.76. The van der Waals surface area contributed by atoms with Crippen molar-refractivity contribution in [2.24, 2.45) is 0 Å². The van der Waals surface area contributed by atoms with Gasteiger partial charge in [-0.25, -0.2) is 4.79 Å². The minimum absolute atomic E-state index is 0.0107. The van der Waals surface area contributed by atoms with E-state index in [2.05, 4.69) is 83.9 Å². The van der Waals surface area contributed by atoms with E-state index in [1.54, 1.807) is 6.92 Å². The lowest BCUT2D eigenvalue weighted by Gasteiger charge is -2.48. The van der Waals surface area contributed by atoms with Crippen LogP contribution >= 0.6 is 0 Å². The van der Waals surface area contributed by atoms with Crippen molar-refractivity contribution in [3.8, 4) is 0 Å². The summed E-state index contributed by atoms with van der Waals surface area (Å²) in [6.07, 6.45) is -0.870. The zero-order valence-corrected chi connectivity index (χ0v) is 32.3. The molecular formula is C39H52N2O6Si2. The first kappa shape index (κ1) is 36.9. The molecule has 1 aromatic heterocycles. The number of aliphatic hydroxyl groups excluding tert-OH is 1. The molecule has 8 nitrogen and oxygen atoms in total. The summed E-state index contributed by atoms with van der Waals surface area (Å²) in [5, 5.41) is 14.3. The Kier molecular flexibility index (Phi) is 10.3. The molecule has 10 heteroatoms. The highest BCUT2D eigenvalue weighted by Gasteiger charge is 2.60. The molecule has 0 saturated carbocycles. The second-order valence-electron chi connectivity index (χ2n) is 15.9. The third kappa shape index (κ3) is 7.00. The molecule has 262 valence electrons. The highest BCUT2D eigenvalue weighted by Crippen LogP contribution is 2.50. The zero-order valence-electron chi connectivity index (χ0n) is 30.3. The monoisotopic (exact) mass is 700 g/mol. The maximum Gasteiger partial charge on any atom is 0.330 e. The molecule has 3 aromatic carbocycles. The Morgan fingerprint density at radius 2 is 1.39 bits per heavy atom. The number of benzene rings is 3. The second kappa shape index (κ2) is 13.7. The van der Waals surface area contributed by atoms with Gasteiger partial charge in [0.15, 0.2) is 8.32 Å². The van der Waals surface area contributed by atoms with Crippen molar-refractivity contribution in [2.45, 2.75) is 102 Å². The van der Waals surface area contributed by atoms with Gasteiger partial charge in [-0.15, -0.1) is 0 Å². The van der Waals surface area contributed by atoms with Gasteiger partial charge in [0.25, 0.3) is 13.9 Å². The number of rotatable bonds is 10. The van der Waals surface area contributed by atoms with Crippen molar-refractivity contribution >= 4 is 27.0 Å². The van der Waals surface area contributed by atoms with Gasteiger partial charge >= 0.3 is 5.69 Å².